The maximum absolute atomic E-state index is 12.6. The molecule has 152 valence electrons. The van der Waals surface area contributed by atoms with Gasteiger partial charge in [-0.25, -0.2) is 9.48 Å². The fourth-order valence-corrected chi connectivity index (χ4v) is 3.70. The van der Waals surface area contributed by atoms with Crippen LogP contribution in [0, 0.1) is 0 Å². The van der Waals surface area contributed by atoms with Gasteiger partial charge in [0.25, 0.3) is 0 Å². The van der Waals surface area contributed by atoms with Crippen LogP contribution in [0.25, 0.3) is 5.65 Å². The quantitative estimate of drug-likeness (QED) is 0.690. The highest BCUT2D eigenvalue weighted by atomic mass is 16.5. The van der Waals surface area contributed by atoms with Crippen LogP contribution in [0.1, 0.15) is 19.3 Å². The maximum atomic E-state index is 12.6. The molecular formula is C21H25N5O3. The van der Waals surface area contributed by atoms with Crippen LogP contribution in [-0.2, 0) is 11.3 Å². The summed E-state index contributed by atoms with van der Waals surface area (Å²) in [5, 5.41) is 7.80. The minimum atomic E-state index is -0.213. The average molecular weight is 395 g/mol. The Morgan fingerprint density at radius 3 is 2.79 bits per heavy atom. The van der Waals surface area contributed by atoms with Crippen LogP contribution in [0.15, 0.2) is 53.5 Å². The van der Waals surface area contributed by atoms with Gasteiger partial charge in [0.1, 0.15) is 5.75 Å². The lowest BCUT2D eigenvalue weighted by Crippen LogP contribution is -2.42. The highest BCUT2D eigenvalue weighted by Gasteiger charge is 2.23. The van der Waals surface area contributed by atoms with Gasteiger partial charge in [0.15, 0.2) is 5.65 Å². The summed E-state index contributed by atoms with van der Waals surface area (Å²) in [6.07, 6.45) is 3.73. The van der Waals surface area contributed by atoms with E-state index >= 15 is 0 Å². The van der Waals surface area contributed by atoms with Crippen molar-refractivity contribution in [3.05, 3.63) is 59.1 Å². The summed E-state index contributed by atoms with van der Waals surface area (Å²) in [6.45, 7) is 1.71. The molecule has 0 saturated carbocycles. The standard InChI is InChI=1S/C21H25N5O3/c1-29-18-6-4-5-17(15-18)22-16-8-12-24(13-9-16)20(27)10-14-26-21(28)25-11-3-2-7-19(25)23-26/h2-7,11,15-16,22H,8-10,12-14H2,1H3. The number of fused-ring (bicyclic) bond motifs is 1. The van der Waals surface area contributed by atoms with Gasteiger partial charge in [-0.2, -0.15) is 0 Å². The molecule has 0 aliphatic carbocycles. The van der Waals surface area contributed by atoms with Crippen molar-refractivity contribution in [2.24, 2.45) is 0 Å². The first-order valence-corrected chi connectivity index (χ1v) is 9.86. The van der Waals surface area contributed by atoms with E-state index in [0.717, 1.165) is 24.3 Å². The van der Waals surface area contributed by atoms with E-state index in [4.69, 9.17) is 4.74 Å². The maximum Gasteiger partial charge on any atom is 0.350 e. The lowest BCUT2D eigenvalue weighted by Gasteiger charge is -2.33. The van der Waals surface area contributed by atoms with Crippen LogP contribution in [0.4, 0.5) is 5.69 Å². The Labute approximate surface area is 168 Å². The number of carbonyl (C=O) groups excluding carboxylic acids is 1. The Morgan fingerprint density at radius 1 is 1.21 bits per heavy atom. The van der Waals surface area contributed by atoms with E-state index in [1.165, 1.54) is 9.08 Å². The van der Waals surface area contributed by atoms with E-state index in [1.807, 2.05) is 35.2 Å². The van der Waals surface area contributed by atoms with Gasteiger partial charge in [-0.05, 0) is 37.1 Å². The number of methoxy groups -OCH3 is 1. The van der Waals surface area contributed by atoms with Crippen LogP contribution < -0.4 is 15.7 Å². The molecule has 0 radical (unpaired) electrons. The van der Waals surface area contributed by atoms with E-state index in [1.54, 1.807) is 25.4 Å². The summed E-state index contributed by atoms with van der Waals surface area (Å²) in [5.74, 6) is 0.888. The first-order valence-electron chi connectivity index (χ1n) is 9.86. The average Bonchev–Trinajstić information content (AvgIpc) is 3.08. The molecule has 8 heteroatoms. The zero-order valence-corrected chi connectivity index (χ0v) is 16.5. The van der Waals surface area contributed by atoms with Crippen LogP contribution in [0.5, 0.6) is 5.75 Å². The van der Waals surface area contributed by atoms with Gasteiger partial charge in [0.05, 0.1) is 13.7 Å². The lowest BCUT2D eigenvalue weighted by atomic mass is 10.0. The minimum Gasteiger partial charge on any atom is -0.497 e. The van der Waals surface area contributed by atoms with Crippen molar-refractivity contribution in [3.8, 4) is 5.75 Å². The molecule has 1 aliphatic heterocycles. The number of hydrogen-bond acceptors (Lipinski definition) is 5. The first kappa shape index (κ1) is 19.0. The first-order chi connectivity index (χ1) is 14.1. The number of aromatic nitrogens is 3. The molecule has 2 aromatic heterocycles. The molecule has 0 bridgehead atoms. The molecule has 1 N–H and O–H groups in total. The molecule has 1 amide bonds. The second kappa shape index (κ2) is 8.38. The van der Waals surface area contributed by atoms with Gasteiger partial charge in [0.2, 0.25) is 5.91 Å². The van der Waals surface area contributed by atoms with Crippen molar-refractivity contribution in [1.82, 2.24) is 19.1 Å². The van der Waals surface area contributed by atoms with Crippen molar-refractivity contribution >= 4 is 17.2 Å². The summed E-state index contributed by atoms with van der Waals surface area (Å²) >= 11 is 0. The number of hydrogen-bond donors (Lipinski definition) is 1. The number of aryl methyl sites for hydroxylation is 1. The predicted molar refractivity (Wildman–Crippen MR) is 110 cm³/mol. The molecule has 29 heavy (non-hydrogen) atoms. The number of carbonyl (C=O) groups is 1. The van der Waals surface area contributed by atoms with Crippen molar-refractivity contribution < 1.29 is 9.53 Å². The molecule has 1 saturated heterocycles. The van der Waals surface area contributed by atoms with Crippen LogP contribution >= 0.6 is 0 Å². The van der Waals surface area contributed by atoms with E-state index in [2.05, 4.69) is 10.4 Å². The molecule has 0 atom stereocenters. The third-order valence-electron chi connectivity index (χ3n) is 5.31. The monoisotopic (exact) mass is 395 g/mol. The number of likely N-dealkylation sites (tertiary alicyclic amines) is 1. The second-order valence-corrected chi connectivity index (χ2v) is 7.22. The van der Waals surface area contributed by atoms with Crippen molar-refractivity contribution in [2.45, 2.75) is 31.8 Å². The number of pyridine rings is 1. The second-order valence-electron chi connectivity index (χ2n) is 7.22. The topological polar surface area (TPSA) is 80.9 Å². The van der Waals surface area contributed by atoms with E-state index in [-0.39, 0.29) is 18.0 Å². The molecule has 8 nitrogen and oxygen atoms in total. The largest absolute Gasteiger partial charge is 0.497 e. The van der Waals surface area contributed by atoms with Crippen molar-refractivity contribution in [1.29, 1.82) is 0 Å². The molecule has 4 rings (SSSR count). The van der Waals surface area contributed by atoms with Crippen LogP contribution in [-0.4, -0.2) is 51.2 Å². The molecule has 0 unspecified atom stereocenters. The van der Waals surface area contributed by atoms with Crippen molar-refractivity contribution in [3.63, 3.8) is 0 Å². The number of rotatable bonds is 6. The number of anilines is 1. The number of benzene rings is 1. The highest BCUT2D eigenvalue weighted by Crippen LogP contribution is 2.21. The Kier molecular flexibility index (Phi) is 5.50. The van der Waals surface area contributed by atoms with Gasteiger partial charge < -0.3 is 15.0 Å². The summed E-state index contributed by atoms with van der Waals surface area (Å²) in [5.41, 5.74) is 1.41. The molecule has 1 fully saturated rings. The fraction of sp³-hybridized carbons (Fsp3) is 0.381. The SMILES string of the molecule is COc1cccc(NC2CCN(C(=O)CCn3nc4ccccn4c3=O)CC2)c1. The molecule has 3 heterocycles. The molecule has 1 aliphatic rings. The van der Waals surface area contributed by atoms with Gasteiger partial charge >= 0.3 is 5.69 Å². The third kappa shape index (κ3) is 4.26. The number of piperidine rings is 1. The summed E-state index contributed by atoms with van der Waals surface area (Å²) in [4.78, 5) is 26.8. The number of ether oxygens (including phenoxy) is 1. The van der Waals surface area contributed by atoms with Gasteiger partial charge in [-0.3, -0.25) is 9.20 Å². The smallest absolute Gasteiger partial charge is 0.350 e. The Balaban J connectivity index is 1.28. The van der Waals surface area contributed by atoms with E-state index in [9.17, 15) is 9.59 Å². The Hall–Kier alpha value is -3.29. The van der Waals surface area contributed by atoms with Gasteiger partial charge in [0, 0.05) is 43.5 Å². The van der Waals surface area contributed by atoms with Crippen LogP contribution in [0.3, 0.4) is 0 Å². The van der Waals surface area contributed by atoms with E-state index in [0.29, 0.717) is 31.3 Å². The third-order valence-corrected chi connectivity index (χ3v) is 5.31. The number of amides is 1. The zero-order valence-electron chi connectivity index (χ0n) is 16.5. The lowest BCUT2D eigenvalue weighted by molar-refractivity contribution is -0.132. The van der Waals surface area contributed by atoms with Crippen molar-refractivity contribution in [2.75, 3.05) is 25.5 Å². The summed E-state index contributed by atoms with van der Waals surface area (Å²) < 4.78 is 8.11. The van der Waals surface area contributed by atoms with Gasteiger partial charge in [-0.15, -0.1) is 5.10 Å². The predicted octanol–water partition coefficient (Wildman–Crippen LogP) is 2.00. The van der Waals surface area contributed by atoms with E-state index < -0.39 is 0 Å². The summed E-state index contributed by atoms with van der Waals surface area (Å²) in [7, 11) is 1.66. The number of nitrogens with one attached hydrogen (secondary N) is 1. The molecule has 0 spiro atoms. The fourth-order valence-electron chi connectivity index (χ4n) is 3.70. The Morgan fingerprint density at radius 2 is 2.03 bits per heavy atom. The van der Waals surface area contributed by atoms with Gasteiger partial charge in [-0.1, -0.05) is 12.1 Å². The summed E-state index contributed by atoms with van der Waals surface area (Å²) in [6, 6.07) is 13.6. The highest BCUT2D eigenvalue weighted by molar-refractivity contribution is 5.76. The molecule has 1 aromatic carbocycles. The zero-order chi connectivity index (χ0) is 20.2. The molecule has 3 aromatic rings. The Bertz CT molecular complexity index is 1050. The normalized spacial score (nSPS) is 14.9. The molecular weight excluding hydrogens is 370 g/mol. The minimum absolute atomic E-state index is 0.0637. The number of nitrogens with zero attached hydrogens (tertiary/aromatic N) is 4. The van der Waals surface area contributed by atoms with Crippen LogP contribution in [0.2, 0.25) is 0 Å².